The molecule has 0 fully saturated rings. The number of aromatic nitrogens is 2. The second-order valence-corrected chi connectivity index (χ2v) is 4.41. The Balaban J connectivity index is 1.96. The summed E-state index contributed by atoms with van der Waals surface area (Å²) >= 11 is 0. The molecule has 1 unspecified atom stereocenters. The average molecular weight is 259 g/mol. The van der Waals surface area contributed by atoms with E-state index in [0.29, 0.717) is 18.5 Å². The fourth-order valence-corrected chi connectivity index (χ4v) is 1.69. The first-order chi connectivity index (χ1) is 9.16. The van der Waals surface area contributed by atoms with Crippen LogP contribution < -0.4 is 5.32 Å². The Morgan fingerprint density at radius 3 is 2.74 bits per heavy atom. The Bertz CT molecular complexity index is 518. The van der Waals surface area contributed by atoms with Crippen LogP contribution in [0.25, 0.3) is 5.69 Å². The summed E-state index contributed by atoms with van der Waals surface area (Å²) in [7, 11) is 0. The molecule has 0 aliphatic carbocycles. The van der Waals surface area contributed by atoms with Gasteiger partial charge in [0.1, 0.15) is 0 Å². The van der Waals surface area contributed by atoms with E-state index in [9.17, 15) is 4.79 Å². The third-order valence-corrected chi connectivity index (χ3v) is 2.78. The summed E-state index contributed by atoms with van der Waals surface area (Å²) in [6, 6.07) is 7.27. The number of carbonyl (C=O) groups is 1. The Labute approximate surface area is 111 Å². The van der Waals surface area contributed by atoms with Gasteiger partial charge < -0.3 is 15.0 Å². The molecule has 2 aromatic rings. The van der Waals surface area contributed by atoms with Gasteiger partial charge in [-0.2, -0.15) is 0 Å². The third-order valence-electron chi connectivity index (χ3n) is 2.78. The third kappa shape index (κ3) is 3.66. The van der Waals surface area contributed by atoms with Crippen molar-refractivity contribution in [1.29, 1.82) is 0 Å². The molecule has 19 heavy (non-hydrogen) atoms. The number of hydrogen-bond donors (Lipinski definition) is 2. The highest BCUT2D eigenvalue weighted by Crippen LogP contribution is 2.09. The fraction of sp³-hybridized carbons (Fsp3) is 0.286. The molecule has 0 saturated carbocycles. The van der Waals surface area contributed by atoms with E-state index in [4.69, 9.17) is 5.11 Å². The van der Waals surface area contributed by atoms with Gasteiger partial charge in [-0.1, -0.05) is 0 Å². The van der Waals surface area contributed by atoms with Crippen molar-refractivity contribution in [3.8, 4) is 5.69 Å². The zero-order chi connectivity index (χ0) is 13.7. The van der Waals surface area contributed by atoms with Gasteiger partial charge in [-0.25, -0.2) is 4.98 Å². The molecular formula is C14H17N3O2. The number of benzene rings is 1. The largest absolute Gasteiger partial charge is 0.393 e. The first kappa shape index (κ1) is 13.3. The highest BCUT2D eigenvalue weighted by Gasteiger charge is 2.05. The van der Waals surface area contributed by atoms with Crippen molar-refractivity contribution in [2.45, 2.75) is 19.4 Å². The number of rotatable bonds is 5. The lowest BCUT2D eigenvalue weighted by molar-refractivity contribution is 0.0945. The monoisotopic (exact) mass is 259 g/mol. The van der Waals surface area contributed by atoms with Crippen molar-refractivity contribution < 1.29 is 9.90 Å². The van der Waals surface area contributed by atoms with Crippen molar-refractivity contribution in [2.75, 3.05) is 6.54 Å². The zero-order valence-corrected chi connectivity index (χ0v) is 10.8. The minimum absolute atomic E-state index is 0.127. The maximum Gasteiger partial charge on any atom is 0.251 e. The molecule has 1 amide bonds. The maximum absolute atomic E-state index is 11.8. The van der Waals surface area contributed by atoms with Gasteiger partial charge in [-0.3, -0.25) is 4.79 Å². The van der Waals surface area contributed by atoms with Gasteiger partial charge in [0.25, 0.3) is 5.91 Å². The predicted molar refractivity (Wildman–Crippen MR) is 72.2 cm³/mol. The number of hydrogen-bond acceptors (Lipinski definition) is 3. The quantitative estimate of drug-likeness (QED) is 0.852. The first-order valence-electron chi connectivity index (χ1n) is 6.21. The Morgan fingerprint density at radius 1 is 1.42 bits per heavy atom. The van der Waals surface area contributed by atoms with Crippen LogP contribution in [0, 0.1) is 0 Å². The lowest BCUT2D eigenvalue weighted by Gasteiger charge is -2.07. The number of nitrogens with one attached hydrogen (secondary N) is 1. The number of nitrogens with zero attached hydrogens (tertiary/aromatic N) is 2. The summed E-state index contributed by atoms with van der Waals surface area (Å²) in [6.07, 6.45) is 5.41. The second-order valence-electron chi connectivity index (χ2n) is 4.41. The van der Waals surface area contributed by atoms with Gasteiger partial charge in [0, 0.05) is 30.2 Å². The van der Waals surface area contributed by atoms with Gasteiger partial charge in [0.15, 0.2) is 0 Å². The van der Waals surface area contributed by atoms with E-state index in [-0.39, 0.29) is 5.91 Å². The topological polar surface area (TPSA) is 67.2 Å². The summed E-state index contributed by atoms with van der Waals surface area (Å²) in [5, 5.41) is 11.9. The zero-order valence-electron chi connectivity index (χ0n) is 10.8. The van der Waals surface area contributed by atoms with Crippen LogP contribution in [-0.4, -0.2) is 33.2 Å². The normalized spacial score (nSPS) is 12.1. The smallest absolute Gasteiger partial charge is 0.251 e. The van der Waals surface area contributed by atoms with Crippen LogP contribution in [-0.2, 0) is 0 Å². The molecule has 1 aromatic carbocycles. The molecule has 1 aromatic heterocycles. The SMILES string of the molecule is CC(O)CCNC(=O)c1ccc(-n2ccnc2)cc1. The van der Waals surface area contributed by atoms with Crippen molar-refractivity contribution in [2.24, 2.45) is 0 Å². The highest BCUT2D eigenvalue weighted by molar-refractivity contribution is 5.94. The number of carbonyl (C=O) groups excluding carboxylic acids is 1. The molecule has 5 heteroatoms. The number of aliphatic hydroxyl groups excluding tert-OH is 1. The average Bonchev–Trinajstić information content (AvgIpc) is 2.92. The van der Waals surface area contributed by atoms with Gasteiger partial charge >= 0.3 is 0 Å². The predicted octanol–water partition coefficient (Wildman–Crippen LogP) is 1.37. The molecule has 2 N–H and O–H groups in total. The van der Waals surface area contributed by atoms with Gasteiger partial charge in [0.2, 0.25) is 0 Å². The maximum atomic E-state index is 11.8. The van der Waals surface area contributed by atoms with E-state index < -0.39 is 6.10 Å². The van der Waals surface area contributed by atoms with Crippen LogP contribution in [0.2, 0.25) is 0 Å². The summed E-state index contributed by atoms with van der Waals surface area (Å²) in [6.45, 7) is 2.17. The van der Waals surface area contributed by atoms with E-state index in [1.807, 2.05) is 22.9 Å². The molecule has 1 heterocycles. The molecule has 0 aliphatic heterocycles. The second kappa shape index (κ2) is 6.15. The Hall–Kier alpha value is -2.14. The molecular weight excluding hydrogens is 242 g/mol. The van der Waals surface area contributed by atoms with E-state index in [0.717, 1.165) is 5.69 Å². The highest BCUT2D eigenvalue weighted by atomic mass is 16.3. The first-order valence-corrected chi connectivity index (χ1v) is 6.21. The fourth-order valence-electron chi connectivity index (χ4n) is 1.69. The molecule has 1 atom stereocenters. The van der Waals surface area contributed by atoms with Crippen LogP contribution in [0.5, 0.6) is 0 Å². The molecule has 0 saturated heterocycles. The van der Waals surface area contributed by atoms with E-state index in [1.165, 1.54) is 0 Å². The van der Waals surface area contributed by atoms with Crippen LogP contribution >= 0.6 is 0 Å². The summed E-state index contributed by atoms with van der Waals surface area (Å²) in [5.41, 5.74) is 1.56. The Morgan fingerprint density at radius 2 is 2.16 bits per heavy atom. The molecule has 0 radical (unpaired) electrons. The minimum atomic E-state index is -0.399. The van der Waals surface area contributed by atoms with Gasteiger partial charge in [-0.15, -0.1) is 0 Å². The molecule has 5 nitrogen and oxygen atoms in total. The number of amides is 1. The molecule has 0 bridgehead atoms. The van der Waals surface area contributed by atoms with Crippen molar-refractivity contribution >= 4 is 5.91 Å². The lowest BCUT2D eigenvalue weighted by Crippen LogP contribution is -2.26. The molecule has 0 spiro atoms. The Kier molecular flexibility index (Phi) is 4.30. The number of aliphatic hydroxyl groups is 1. The van der Waals surface area contributed by atoms with Crippen LogP contribution in [0.1, 0.15) is 23.7 Å². The van der Waals surface area contributed by atoms with Gasteiger partial charge in [-0.05, 0) is 37.6 Å². The van der Waals surface area contributed by atoms with Crippen LogP contribution in [0.4, 0.5) is 0 Å². The van der Waals surface area contributed by atoms with Crippen LogP contribution in [0.3, 0.4) is 0 Å². The van der Waals surface area contributed by atoms with E-state index in [1.54, 1.807) is 31.6 Å². The van der Waals surface area contributed by atoms with Crippen LogP contribution in [0.15, 0.2) is 43.0 Å². The minimum Gasteiger partial charge on any atom is -0.393 e. The van der Waals surface area contributed by atoms with E-state index in [2.05, 4.69) is 10.3 Å². The molecule has 100 valence electrons. The van der Waals surface area contributed by atoms with Gasteiger partial charge in [0.05, 0.1) is 12.4 Å². The van der Waals surface area contributed by atoms with Crippen molar-refractivity contribution in [3.05, 3.63) is 48.5 Å². The standard InChI is InChI=1S/C14H17N3O2/c1-11(18)6-7-16-14(19)12-2-4-13(5-3-12)17-9-8-15-10-17/h2-5,8-11,18H,6-7H2,1H3,(H,16,19). The molecule has 2 rings (SSSR count). The lowest BCUT2D eigenvalue weighted by atomic mass is 10.2. The van der Waals surface area contributed by atoms with Crippen molar-refractivity contribution in [1.82, 2.24) is 14.9 Å². The van der Waals surface area contributed by atoms with E-state index >= 15 is 0 Å². The molecule has 0 aliphatic rings. The van der Waals surface area contributed by atoms with Crippen molar-refractivity contribution in [3.63, 3.8) is 0 Å². The summed E-state index contributed by atoms with van der Waals surface area (Å²) in [4.78, 5) is 15.8. The number of imidazole rings is 1. The summed E-state index contributed by atoms with van der Waals surface area (Å²) < 4.78 is 1.87. The summed E-state index contributed by atoms with van der Waals surface area (Å²) in [5.74, 6) is -0.127.